The van der Waals surface area contributed by atoms with Gasteiger partial charge in [0.05, 0.1) is 0 Å². The molecule has 0 aliphatic heterocycles. The minimum absolute atomic E-state index is 0.536. The molecule has 1 N–H and O–H groups in total. The standard InChI is InChI=1S/C18H24BrN/c1-12(9-14-4-7-17(19)8-5-14)20-13(2)18-11-15-3-6-16(18)10-15/h3-8,12-13,15-16,18,20H,9-11H2,1-2H3. The summed E-state index contributed by atoms with van der Waals surface area (Å²) in [6.45, 7) is 4.68. The first-order valence-electron chi connectivity index (χ1n) is 7.80. The number of benzene rings is 1. The number of rotatable bonds is 5. The number of nitrogens with one attached hydrogen (secondary N) is 1. The first-order chi connectivity index (χ1) is 9.61. The van der Waals surface area contributed by atoms with Crippen LogP contribution in [0, 0.1) is 17.8 Å². The third-order valence-electron chi connectivity index (χ3n) is 4.98. The molecular weight excluding hydrogens is 310 g/mol. The maximum absolute atomic E-state index is 3.82. The Morgan fingerprint density at radius 3 is 2.50 bits per heavy atom. The minimum Gasteiger partial charge on any atom is -0.311 e. The van der Waals surface area contributed by atoms with Gasteiger partial charge < -0.3 is 5.32 Å². The van der Waals surface area contributed by atoms with Crippen molar-refractivity contribution in [3.05, 3.63) is 46.5 Å². The van der Waals surface area contributed by atoms with Gasteiger partial charge in [-0.1, -0.05) is 40.2 Å². The number of allylic oxidation sites excluding steroid dienone is 2. The van der Waals surface area contributed by atoms with Gasteiger partial charge in [-0.25, -0.2) is 0 Å². The Morgan fingerprint density at radius 1 is 1.15 bits per heavy atom. The van der Waals surface area contributed by atoms with Crippen molar-refractivity contribution in [3.63, 3.8) is 0 Å². The van der Waals surface area contributed by atoms with Crippen molar-refractivity contribution in [1.29, 1.82) is 0 Å². The van der Waals surface area contributed by atoms with E-state index in [4.69, 9.17) is 0 Å². The number of hydrogen-bond acceptors (Lipinski definition) is 1. The second-order valence-corrected chi connectivity index (χ2v) is 7.55. The lowest BCUT2D eigenvalue weighted by Crippen LogP contribution is -2.41. The van der Waals surface area contributed by atoms with Gasteiger partial charge in [0.15, 0.2) is 0 Å². The second-order valence-electron chi connectivity index (χ2n) is 6.63. The predicted molar refractivity (Wildman–Crippen MR) is 88.7 cm³/mol. The average Bonchev–Trinajstić information content (AvgIpc) is 3.03. The predicted octanol–water partition coefficient (Wildman–Crippen LogP) is 4.57. The lowest BCUT2D eigenvalue weighted by molar-refractivity contribution is 0.305. The van der Waals surface area contributed by atoms with Crippen LogP contribution in [-0.4, -0.2) is 12.1 Å². The fraction of sp³-hybridized carbons (Fsp3) is 0.556. The average molecular weight is 334 g/mol. The molecule has 1 nitrogen and oxygen atoms in total. The molecule has 2 aliphatic rings. The first-order valence-corrected chi connectivity index (χ1v) is 8.60. The van der Waals surface area contributed by atoms with E-state index in [2.05, 4.69) is 71.5 Å². The van der Waals surface area contributed by atoms with Crippen LogP contribution in [0.4, 0.5) is 0 Å². The van der Waals surface area contributed by atoms with Crippen LogP contribution in [0.15, 0.2) is 40.9 Å². The summed E-state index contributed by atoms with van der Waals surface area (Å²) in [5, 5.41) is 3.82. The first kappa shape index (κ1) is 14.3. The molecule has 108 valence electrons. The van der Waals surface area contributed by atoms with Crippen LogP contribution >= 0.6 is 15.9 Å². The molecule has 0 spiro atoms. The third-order valence-corrected chi connectivity index (χ3v) is 5.50. The molecule has 2 aliphatic carbocycles. The molecule has 5 unspecified atom stereocenters. The van der Waals surface area contributed by atoms with Gasteiger partial charge in [0.25, 0.3) is 0 Å². The minimum atomic E-state index is 0.536. The van der Waals surface area contributed by atoms with E-state index in [-0.39, 0.29) is 0 Å². The van der Waals surface area contributed by atoms with E-state index in [1.165, 1.54) is 18.4 Å². The van der Waals surface area contributed by atoms with E-state index < -0.39 is 0 Å². The lowest BCUT2D eigenvalue weighted by atomic mass is 9.87. The zero-order valence-corrected chi connectivity index (χ0v) is 13.9. The second kappa shape index (κ2) is 6.03. The van der Waals surface area contributed by atoms with Crippen molar-refractivity contribution in [2.75, 3.05) is 0 Å². The van der Waals surface area contributed by atoms with Crippen molar-refractivity contribution in [2.45, 2.75) is 45.2 Å². The van der Waals surface area contributed by atoms with Crippen molar-refractivity contribution >= 4 is 15.9 Å². The summed E-state index contributed by atoms with van der Waals surface area (Å²) in [7, 11) is 0. The Balaban J connectivity index is 1.52. The molecule has 2 bridgehead atoms. The maximum Gasteiger partial charge on any atom is 0.0175 e. The monoisotopic (exact) mass is 333 g/mol. The van der Waals surface area contributed by atoms with Crippen molar-refractivity contribution in [3.8, 4) is 0 Å². The van der Waals surface area contributed by atoms with Crippen LogP contribution in [0.2, 0.25) is 0 Å². The maximum atomic E-state index is 3.82. The van der Waals surface area contributed by atoms with E-state index in [0.717, 1.165) is 28.6 Å². The molecule has 0 heterocycles. The van der Waals surface area contributed by atoms with Gasteiger partial charge in [0, 0.05) is 16.6 Å². The Kier molecular flexibility index (Phi) is 4.32. The molecule has 1 fully saturated rings. The van der Waals surface area contributed by atoms with Crippen molar-refractivity contribution < 1.29 is 0 Å². The van der Waals surface area contributed by atoms with E-state index in [0.29, 0.717) is 12.1 Å². The van der Waals surface area contributed by atoms with Crippen LogP contribution in [0.5, 0.6) is 0 Å². The van der Waals surface area contributed by atoms with Gasteiger partial charge >= 0.3 is 0 Å². The Hall–Kier alpha value is -0.600. The summed E-state index contributed by atoms with van der Waals surface area (Å²) < 4.78 is 1.16. The van der Waals surface area contributed by atoms with E-state index in [9.17, 15) is 0 Å². The molecule has 0 radical (unpaired) electrons. The van der Waals surface area contributed by atoms with Gasteiger partial charge in [-0.3, -0.25) is 0 Å². The van der Waals surface area contributed by atoms with Gasteiger partial charge in [-0.15, -0.1) is 0 Å². The molecule has 0 amide bonds. The van der Waals surface area contributed by atoms with Crippen molar-refractivity contribution in [1.82, 2.24) is 5.32 Å². The number of hydrogen-bond donors (Lipinski definition) is 1. The number of halogens is 1. The van der Waals surface area contributed by atoms with E-state index in [1.807, 2.05) is 0 Å². The Labute approximate surface area is 131 Å². The quantitative estimate of drug-likeness (QED) is 0.778. The summed E-state index contributed by atoms with van der Waals surface area (Å²) >= 11 is 3.49. The molecule has 0 saturated heterocycles. The van der Waals surface area contributed by atoms with Gasteiger partial charge in [-0.05, 0) is 68.6 Å². The Bertz CT molecular complexity index is 479. The normalized spacial score (nSPS) is 30.6. The molecule has 0 aromatic heterocycles. The smallest absolute Gasteiger partial charge is 0.0175 e. The van der Waals surface area contributed by atoms with Crippen LogP contribution in [0.25, 0.3) is 0 Å². The van der Waals surface area contributed by atoms with Gasteiger partial charge in [0.1, 0.15) is 0 Å². The lowest BCUT2D eigenvalue weighted by Gasteiger charge is -2.29. The molecule has 1 aromatic carbocycles. The highest BCUT2D eigenvalue weighted by atomic mass is 79.9. The fourth-order valence-electron chi connectivity index (χ4n) is 4.00. The summed E-state index contributed by atoms with van der Waals surface area (Å²) in [5.74, 6) is 2.55. The topological polar surface area (TPSA) is 12.0 Å². The van der Waals surface area contributed by atoms with Crippen LogP contribution < -0.4 is 5.32 Å². The van der Waals surface area contributed by atoms with Gasteiger partial charge in [-0.2, -0.15) is 0 Å². The SMILES string of the molecule is CC(Cc1ccc(Br)cc1)NC(C)C1CC2C=CC1C2. The molecule has 5 atom stereocenters. The summed E-state index contributed by atoms with van der Waals surface area (Å²) in [5.41, 5.74) is 1.41. The molecule has 1 aromatic rings. The largest absolute Gasteiger partial charge is 0.311 e. The summed E-state index contributed by atoms with van der Waals surface area (Å²) in [6.07, 6.45) is 8.78. The number of fused-ring (bicyclic) bond motifs is 2. The molecule has 1 saturated carbocycles. The third kappa shape index (κ3) is 3.17. The van der Waals surface area contributed by atoms with Crippen molar-refractivity contribution in [2.24, 2.45) is 17.8 Å². The van der Waals surface area contributed by atoms with Crippen LogP contribution in [-0.2, 0) is 6.42 Å². The highest BCUT2D eigenvalue weighted by molar-refractivity contribution is 9.10. The van der Waals surface area contributed by atoms with E-state index in [1.54, 1.807) is 0 Å². The zero-order chi connectivity index (χ0) is 14.1. The molecule has 3 rings (SSSR count). The van der Waals surface area contributed by atoms with E-state index >= 15 is 0 Å². The Morgan fingerprint density at radius 2 is 1.90 bits per heavy atom. The highest BCUT2D eigenvalue weighted by Gasteiger charge is 2.38. The molecule has 20 heavy (non-hydrogen) atoms. The zero-order valence-electron chi connectivity index (χ0n) is 12.4. The highest BCUT2D eigenvalue weighted by Crippen LogP contribution is 2.44. The fourth-order valence-corrected chi connectivity index (χ4v) is 4.27. The molecule has 2 heteroatoms. The summed E-state index contributed by atoms with van der Waals surface area (Å²) in [6, 6.07) is 9.86. The van der Waals surface area contributed by atoms with Crippen LogP contribution in [0.1, 0.15) is 32.3 Å². The summed E-state index contributed by atoms with van der Waals surface area (Å²) in [4.78, 5) is 0. The molecular formula is C18H24BrN. The van der Waals surface area contributed by atoms with Gasteiger partial charge in [0.2, 0.25) is 0 Å². The van der Waals surface area contributed by atoms with Crippen LogP contribution in [0.3, 0.4) is 0 Å².